The third-order valence-corrected chi connectivity index (χ3v) is 3.09. The van der Waals surface area contributed by atoms with Crippen LogP contribution in [0.1, 0.15) is 5.56 Å². The maximum atomic E-state index is 12.4. The third-order valence-electron chi connectivity index (χ3n) is 3.09. The molecule has 0 aromatic heterocycles. The smallest absolute Gasteiger partial charge is 0.282 e. The Labute approximate surface area is 116 Å². The molecular weight excluding hydrogens is 250 g/mol. The predicted molar refractivity (Wildman–Crippen MR) is 79.2 cm³/mol. The molecule has 4 nitrogen and oxygen atoms in total. The summed E-state index contributed by atoms with van der Waals surface area (Å²) < 4.78 is 0. The lowest BCUT2D eigenvalue weighted by Crippen LogP contribution is -2.21. The molecule has 0 atom stereocenters. The molecule has 1 aliphatic heterocycles. The number of nitrogens with two attached hydrogens (primary N) is 1. The largest absolute Gasteiger partial charge is 0.404 e. The van der Waals surface area contributed by atoms with E-state index in [0.29, 0.717) is 11.3 Å². The summed E-state index contributed by atoms with van der Waals surface area (Å²) in [7, 11) is 0. The van der Waals surface area contributed by atoms with E-state index in [9.17, 15) is 4.79 Å². The molecular formula is C16H13N3O. The van der Waals surface area contributed by atoms with Crippen molar-refractivity contribution >= 4 is 17.3 Å². The average Bonchev–Trinajstić information content (AvgIpc) is 2.86. The molecule has 0 bridgehead atoms. The van der Waals surface area contributed by atoms with Crippen LogP contribution in [0.2, 0.25) is 0 Å². The number of carbonyl (C=O) groups is 1. The van der Waals surface area contributed by atoms with Gasteiger partial charge in [0.25, 0.3) is 5.91 Å². The van der Waals surface area contributed by atoms with Gasteiger partial charge < -0.3 is 5.73 Å². The van der Waals surface area contributed by atoms with Crippen LogP contribution in [-0.2, 0) is 4.79 Å². The molecule has 0 spiro atoms. The molecule has 0 saturated carbocycles. The summed E-state index contributed by atoms with van der Waals surface area (Å²) in [5.74, 6) is -0.211. The normalized spacial score (nSPS) is 16.6. The molecule has 0 radical (unpaired) electrons. The van der Waals surface area contributed by atoms with Gasteiger partial charge in [0.2, 0.25) is 0 Å². The Kier molecular flexibility index (Phi) is 3.05. The van der Waals surface area contributed by atoms with Crippen molar-refractivity contribution in [3.8, 4) is 0 Å². The van der Waals surface area contributed by atoms with Crippen molar-refractivity contribution < 1.29 is 4.79 Å². The van der Waals surface area contributed by atoms with Gasteiger partial charge >= 0.3 is 0 Å². The van der Waals surface area contributed by atoms with Crippen LogP contribution in [-0.4, -0.2) is 11.6 Å². The summed E-state index contributed by atoms with van der Waals surface area (Å²) in [6.07, 6.45) is 1.32. The number of amides is 1. The van der Waals surface area contributed by atoms with Crippen molar-refractivity contribution in [1.82, 2.24) is 0 Å². The van der Waals surface area contributed by atoms with Gasteiger partial charge in [0.1, 0.15) is 5.71 Å². The standard InChI is InChI=1S/C16H13N3O/c17-11-14-15(12-7-3-1-4-8-12)18-19(16(14)20)13-9-5-2-6-10-13/h1-11H,17H2. The maximum absolute atomic E-state index is 12.4. The van der Waals surface area contributed by atoms with Crippen LogP contribution in [0, 0.1) is 0 Å². The van der Waals surface area contributed by atoms with Crippen LogP contribution in [0.5, 0.6) is 0 Å². The van der Waals surface area contributed by atoms with E-state index in [-0.39, 0.29) is 5.91 Å². The highest BCUT2D eigenvalue weighted by atomic mass is 16.2. The first-order valence-corrected chi connectivity index (χ1v) is 6.27. The Morgan fingerprint density at radius 3 is 2.15 bits per heavy atom. The zero-order chi connectivity index (χ0) is 13.9. The molecule has 1 heterocycles. The van der Waals surface area contributed by atoms with Gasteiger partial charge in [-0.05, 0) is 12.1 Å². The van der Waals surface area contributed by atoms with Crippen molar-refractivity contribution in [3.05, 3.63) is 78.0 Å². The summed E-state index contributed by atoms with van der Waals surface area (Å²) in [5.41, 5.74) is 8.21. The summed E-state index contributed by atoms with van der Waals surface area (Å²) >= 11 is 0. The number of hydrogen-bond acceptors (Lipinski definition) is 3. The average molecular weight is 263 g/mol. The molecule has 3 rings (SSSR count). The molecule has 0 saturated heterocycles. The van der Waals surface area contributed by atoms with Crippen molar-refractivity contribution in [3.63, 3.8) is 0 Å². The molecule has 1 aliphatic rings. The number of para-hydroxylation sites is 1. The molecule has 0 fully saturated rings. The first kappa shape index (κ1) is 12.2. The van der Waals surface area contributed by atoms with E-state index in [0.717, 1.165) is 11.3 Å². The highest BCUT2D eigenvalue weighted by Crippen LogP contribution is 2.25. The van der Waals surface area contributed by atoms with E-state index in [1.807, 2.05) is 60.7 Å². The topological polar surface area (TPSA) is 58.7 Å². The second-order valence-corrected chi connectivity index (χ2v) is 4.35. The Balaban J connectivity index is 2.08. The molecule has 1 amide bonds. The Morgan fingerprint density at radius 1 is 0.950 bits per heavy atom. The zero-order valence-electron chi connectivity index (χ0n) is 10.7. The lowest BCUT2D eigenvalue weighted by Gasteiger charge is -2.10. The van der Waals surface area contributed by atoms with Crippen LogP contribution in [0.4, 0.5) is 5.69 Å². The lowest BCUT2D eigenvalue weighted by atomic mass is 10.0. The first-order chi connectivity index (χ1) is 9.81. The van der Waals surface area contributed by atoms with Crippen molar-refractivity contribution in [2.75, 3.05) is 5.01 Å². The maximum Gasteiger partial charge on any atom is 0.282 e. The Morgan fingerprint density at radius 2 is 1.55 bits per heavy atom. The number of anilines is 1. The van der Waals surface area contributed by atoms with Crippen LogP contribution in [0.15, 0.2) is 77.5 Å². The number of nitrogens with zero attached hydrogens (tertiary/aromatic N) is 2. The molecule has 98 valence electrons. The highest BCUT2D eigenvalue weighted by molar-refractivity contribution is 6.35. The molecule has 2 N–H and O–H groups in total. The van der Waals surface area contributed by atoms with E-state index < -0.39 is 0 Å². The number of hydrogen-bond donors (Lipinski definition) is 1. The van der Waals surface area contributed by atoms with Gasteiger partial charge in [-0.15, -0.1) is 0 Å². The van der Waals surface area contributed by atoms with Gasteiger partial charge in [0, 0.05) is 11.8 Å². The number of rotatable bonds is 2. The van der Waals surface area contributed by atoms with E-state index >= 15 is 0 Å². The zero-order valence-corrected chi connectivity index (χ0v) is 10.7. The summed E-state index contributed by atoms with van der Waals surface area (Å²) in [6.45, 7) is 0. The summed E-state index contributed by atoms with van der Waals surface area (Å²) in [5, 5.41) is 5.79. The predicted octanol–water partition coefficient (Wildman–Crippen LogP) is 2.28. The van der Waals surface area contributed by atoms with Crippen molar-refractivity contribution in [2.45, 2.75) is 0 Å². The molecule has 4 heteroatoms. The first-order valence-electron chi connectivity index (χ1n) is 6.27. The molecule has 0 unspecified atom stereocenters. The number of carbonyl (C=O) groups excluding carboxylic acids is 1. The fourth-order valence-electron chi connectivity index (χ4n) is 2.12. The monoisotopic (exact) mass is 263 g/mol. The minimum atomic E-state index is -0.211. The molecule has 0 aliphatic carbocycles. The lowest BCUT2D eigenvalue weighted by molar-refractivity contribution is -0.114. The van der Waals surface area contributed by atoms with Gasteiger partial charge in [0.05, 0.1) is 11.3 Å². The van der Waals surface area contributed by atoms with Gasteiger partial charge in [-0.25, -0.2) is 0 Å². The Bertz CT molecular complexity index is 690. The van der Waals surface area contributed by atoms with E-state index in [1.165, 1.54) is 11.2 Å². The van der Waals surface area contributed by atoms with E-state index in [2.05, 4.69) is 5.10 Å². The fraction of sp³-hybridized carbons (Fsp3) is 0. The van der Waals surface area contributed by atoms with Gasteiger partial charge in [-0.1, -0.05) is 48.5 Å². The minimum Gasteiger partial charge on any atom is -0.404 e. The Hall–Kier alpha value is -2.88. The van der Waals surface area contributed by atoms with Gasteiger partial charge in [0.15, 0.2) is 0 Å². The van der Waals surface area contributed by atoms with Gasteiger partial charge in [-0.3, -0.25) is 4.79 Å². The van der Waals surface area contributed by atoms with Crippen LogP contribution in [0.3, 0.4) is 0 Å². The third kappa shape index (κ3) is 1.97. The second kappa shape index (κ2) is 5.01. The van der Waals surface area contributed by atoms with Crippen molar-refractivity contribution in [2.24, 2.45) is 10.8 Å². The summed E-state index contributed by atoms with van der Waals surface area (Å²) in [6, 6.07) is 18.8. The highest BCUT2D eigenvalue weighted by Gasteiger charge is 2.31. The van der Waals surface area contributed by atoms with E-state index in [4.69, 9.17) is 5.73 Å². The van der Waals surface area contributed by atoms with Crippen LogP contribution in [0.25, 0.3) is 0 Å². The van der Waals surface area contributed by atoms with Crippen LogP contribution < -0.4 is 10.7 Å². The van der Waals surface area contributed by atoms with Crippen molar-refractivity contribution in [1.29, 1.82) is 0 Å². The minimum absolute atomic E-state index is 0.211. The molecule has 20 heavy (non-hydrogen) atoms. The summed E-state index contributed by atoms with van der Waals surface area (Å²) in [4.78, 5) is 12.4. The number of hydrazone groups is 1. The number of benzene rings is 2. The molecule has 2 aromatic carbocycles. The van der Waals surface area contributed by atoms with Crippen LogP contribution >= 0.6 is 0 Å². The quantitative estimate of drug-likeness (QED) is 0.845. The molecule has 2 aromatic rings. The fourth-order valence-corrected chi connectivity index (χ4v) is 2.12. The second-order valence-electron chi connectivity index (χ2n) is 4.35. The van der Waals surface area contributed by atoms with E-state index in [1.54, 1.807) is 0 Å². The van der Waals surface area contributed by atoms with Gasteiger partial charge in [-0.2, -0.15) is 10.1 Å². The SMILES string of the molecule is NC=C1C(=O)N(c2ccccc2)N=C1c1ccccc1.